The van der Waals surface area contributed by atoms with E-state index in [1.54, 1.807) is 0 Å². The van der Waals surface area contributed by atoms with E-state index in [-0.39, 0.29) is 0 Å². The van der Waals surface area contributed by atoms with Gasteiger partial charge in [0.15, 0.2) is 0 Å². The van der Waals surface area contributed by atoms with Crippen molar-refractivity contribution in [2.24, 2.45) is 0 Å². The van der Waals surface area contributed by atoms with Crippen molar-refractivity contribution in [1.29, 1.82) is 0 Å². The maximum absolute atomic E-state index is 8.99. The van der Waals surface area contributed by atoms with Crippen LogP contribution in [0.15, 0.2) is 0 Å². The van der Waals surface area contributed by atoms with Gasteiger partial charge in [-0.05, 0) is 25.9 Å². The smallest absolute Gasteiger partial charge is 0.0558 e. The van der Waals surface area contributed by atoms with E-state index in [2.05, 4.69) is 18.7 Å². The largest absolute Gasteiger partial charge is 0.395 e. The van der Waals surface area contributed by atoms with Gasteiger partial charge in [-0.25, -0.2) is 0 Å². The molecule has 104 valence electrons. The third kappa shape index (κ3) is 12.2. The number of aliphatic hydroxyl groups excluding tert-OH is 1. The molecule has 0 rings (SSSR count). The predicted molar refractivity (Wildman–Crippen MR) is 76.4 cm³/mol. The third-order valence-electron chi connectivity index (χ3n) is 3.32. The topological polar surface area (TPSA) is 23.5 Å². The van der Waals surface area contributed by atoms with E-state index in [1.165, 1.54) is 64.3 Å². The quantitative estimate of drug-likeness (QED) is 0.497. The van der Waals surface area contributed by atoms with Gasteiger partial charge in [-0.1, -0.05) is 58.8 Å². The molecule has 0 heterocycles. The molecule has 0 aromatic carbocycles. The molecular weight excluding hydrogens is 210 g/mol. The highest BCUT2D eigenvalue weighted by molar-refractivity contribution is 4.57. The van der Waals surface area contributed by atoms with Gasteiger partial charge in [0.1, 0.15) is 0 Å². The molecule has 0 spiro atoms. The summed E-state index contributed by atoms with van der Waals surface area (Å²) in [6.07, 6.45) is 12.1. The van der Waals surface area contributed by atoms with E-state index < -0.39 is 0 Å². The number of aliphatic hydroxyl groups is 1. The van der Waals surface area contributed by atoms with E-state index in [0.29, 0.717) is 6.61 Å². The maximum Gasteiger partial charge on any atom is 0.0558 e. The molecule has 0 aliphatic carbocycles. The molecule has 0 saturated carbocycles. The fourth-order valence-corrected chi connectivity index (χ4v) is 2.15. The molecule has 2 nitrogen and oxygen atoms in total. The molecule has 0 aromatic rings. The van der Waals surface area contributed by atoms with Crippen LogP contribution < -0.4 is 0 Å². The second-order valence-electron chi connectivity index (χ2n) is 5.04. The summed E-state index contributed by atoms with van der Waals surface area (Å²) in [5.74, 6) is 0. The molecule has 0 atom stereocenters. The lowest BCUT2D eigenvalue weighted by Gasteiger charge is -2.20. The monoisotopic (exact) mass is 243 g/mol. The Morgan fingerprint density at radius 1 is 0.647 bits per heavy atom. The Morgan fingerprint density at radius 3 is 1.76 bits per heavy atom. The summed E-state index contributed by atoms with van der Waals surface area (Å²) >= 11 is 0. The summed E-state index contributed by atoms with van der Waals surface area (Å²) in [6.45, 7) is 7.99. The summed E-state index contributed by atoms with van der Waals surface area (Å²) in [5.41, 5.74) is 0. The Kier molecular flexibility index (Phi) is 13.9. The van der Waals surface area contributed by atoms with Crippen molar-refractivity contribution in [2.75, 3.05) is 26.2 Å². The fraction of sp³-hybridized carbons (Fsp3) is 1.00. The summed E-state index contributed by atoms with van der Waals surface area (Å²) in [4.78, 5) is 2.41. The first-order valence-corrected chi connectivity index (χ1v) is 7.68. The molecule has 0 aliphatic heterocycles. The first kappa shape index (κ1) is 16.9. The SMILES string of the molecule is CCCCCCCCCN(CCO)CCCC. The van der Waals surface area contributed by atoms with Crippen LogP contribution in [-0.2, 0) is 0 Å². The second kappa shape index (κ2) is 14.0. The van der Waals surface area contributed by atoms with Crippen molar-refractivity contribution in [3.63, 3.8) is 0 Å². The molecule has 0 bridgehead atoms. The molecule has 0 amide bonds. The van der Waals surface area contributed by atoms with Crippen LogP contribution in [0, 0.1) is 0 Å². The number of nitrogens with zero attached hydrogens (tertiary/aromatic N) is 1. The lowest BCUT2D eigenvalue weighted by atomic mass is 10.1. The molecule has 0 fully saturated rings. The normalized spacial score (nSPS) is 11.3. The zero-order valence-electron chi connectivity index (χ0n) is 12.1. The second-order valence-corrected chi connectivity index (χ2v) is 5.04. The Bertz CT molecular complexity index is 139. The average molecular weight is 243 g/mol. The molecular formula is C15H33NO. The summed E-state index contributed by atoms with van der Waals surface area (Å²) < 4.78 is 0. The van der Waals surface area contributed by atoms with Crippen molar-refractivity contribution in [3.05, 3.63) is 0 Å². The van der Waals surface area contributed by atoms with E-state index in [1.807, 2.05) is 0 Å². The minimum Gasteiger partial charge on any atom is -0.395 e. The molecule has 0 saturated heterocycles. The Morgan fingerprint density at radius 2 is 1.18 bits per heavy atom. The van der Waals surface area contributed by atoms with Crippen LogP contribution in [0.4, 0.5) is 0 Å². The first-order valence-electron chi connectivity index (χ1n) is 7.68. The van der Waals surface area contributed by atoms with Crippen molar-refractivity contribution in [3.8, 4) is 0 Å². The van der Waals surface area contributed by atoms with E-state index >= 15 is 0 Å². The van der Waals surface area contributed by atoms with Gasteiger partial charge in [0.2, 0.25) is 0 Å². The third-order valence-corrected chi connectivity index (χ3v) is 3.32. The molecule has 0 aromatic heterocycles. The van der Waals surface area contributed by atoms with Crippen LogP contribution in [0.25, 0.3) is 0 Å². The lowest BCUT2D eigenvalue weighted by Crippen LogP contribution is -2.29. The van der Waals surface area contributed by atoms with Crippen molar-refractivity contribution >= 4 is 0 Å². The van der Waals surface area contributed by atoms with Gasteiger partial charge in [-0.2, -0.15) is 0 Å². The Balaban J connectivity index is 3.34. The number of unbranched alkanes of at least 4 members (excludes halogenated alkanes) is 7. The molecule has 2 heteroatoms. The van der Waals surface area contributed by atoms with Crippen LogP contribution in [-0.4, -0.2) is 36.2 Å². The Hall–Kier alpha value is -0.0800. The highest BCUT2D eigenvalue weighted by atomic mass is 16.3. The van der Waals surface area contributed by atoms with Gasteiger partial charge in [0.05, 0.1) is 6.61 Å². The molecule has 1 N–H and O–H groups in total. The van der Waals surface area contributed by atoms with Gasteiger partial charge >= 0.3 is 0 Å². The zero-order chi connectivity index (χ0) is 12.8. The van der Waals surface area contributed by atoms with Crippen LogP contribution >= 0.6 is 0 Å². The van der Waals surface area contributed by atoms with Crippen molar-refractivity contribution < 1.29 is 5.11 Å². The summed E-state index contributed by atoms with van der Waals surface area (Å²) in [7, 11) is 0. The zero-order valence-corrected chi connectivity index (χ0v) is 12.1. The molecule has 0 unspecified atom stereocenters. The van der Waals surface area contributed by atoms with Gasteiger partial charge in [-0.15, -0.1) is 0 Å². The number of hydrogen-bond acceptors (Lipinski definition) is 2. The standard InChI is InChI=1S/C15H33NO/c1-3-5-7-8-9-10-11-13-16(14-15-17)12-6-4-2/h17H,3-15H2,1-2H3. The Labute approximate surface area is 108 Å². The van der Waals surface area contributed by atoms with E-state index in [4.69, 9.17) is 5.11 Å². The minimum atomic E-state index is 0.306. The average Bonchev–Trinajstić information content (AvgIpc) is 2.34. The molecule has 17 heavy (non-hydrogen) atoms. The predicted octanol–water partition coefficient (Wildman–Crippen LogP) is 3.83. The van der Waals surface area contributed by atoms with Crippen molar-refractivity contribution in [1.82, 2.24) is 4.90 Å². The van der Waals surface area contributed by atoms with Crippen LogP contribution in [0.1, 0.15) is 71.6 Å². The van der Waals surface area contributed by atoms with Gasteiger partial charge in [0, 0.05) is 6.54 Å². The van der Waals surface area contributed by atoms with E-state index in [0.717, 1.165) is 13.1 Å². The molecule has 0 radical (unpaired) electrons. The van der Waals surface area contributed by atoms with E-state index in [9.17, 15) is 0 Å². The van der Waals surface area contributed by atoms with Crippen LogP contribution in [0.3, 0.4) is 0 Å². The van der Waals surface area contributed by atoms with Gasteiger partial charge in [-0.3, -0.25) is 0 Å². The fourth-order valence-electron chi connectivity index (χ4n) is 2.15. The number of rotatable bonds is 13. The molecule has 0 aliphatic rings. The maximum atomic E-state index is 8.99. The van der Waals surface area contributed by atoms with Crippen molar-refractivity contribution in [2.45, 2.75) is 71.6 Å². The van der Waals surface area contributed by atoms with Gasteiger partial charge in [0.25, 0.3) is 0 Å². The van der Waals surface area contributed by atoms with Crippen LogP contribution in [0.5, 0.6) is 0 Å². The van der Waals surface area contributed by atoms with Crippen LogP contribution in [0.2, 0.25) is 0 Å². The minimum absolute atomic E-state index is 0.306. The summed E-state index contributed by atoms with van der Waals surface area (Å²) in [6, 6.07) is 0. The highest BCUT2D eigenvalue weighted by Crippen LogP contribution is 2.07. The summed E-state index contributed by atoms with van der Waals surface area (Å²) in [5, 5.41) is 8.99. The lowest BCUT2D eigenvalue weighted by molar-refractivity contribution is 0.191. The van der Waals surface area contributed by atoms with Gasteiger partial charge < -0.3 is 10.0 Å². The number of hydrogen-bond donors (Lipinski definition) is 1. The first-order chi connectivity index (χ1) is 8.35. The highest BCUT2D eigenvalue weighted by Gasteiger charge is 2.02.